The van der Waals surface area contributed by atoms with Crippen LogP contribution in [0.25, 0.3) is 0 Å². The summed E-state index contributed by atoms with van der Waals surface area (Å²) in [4.78, 5) is 18.1. The molecule has 2 unspecified atom stereocenters. The number of halogens is 1. The molecule has 0 saturated carbocycles. The van der Waals surface area contributed by atoms with Crippen LogP contribution in [0.1, 0.15) is 46.3 Å². The van der Waals surface area contributed by atoms with Crippen molar-refractivity contribution in [1.29, 1.82) is 0 Å². The number of phenolic OH excluding ortho intramolecular Hbond substituents is 1. The van der Waals surface area contributed by atoms with Crippen molar-refractivity contribution in [1.82, 2.24) is 9.80 Å². The van der Waals surface area contributed by atoms with Crippen LogP contribution in [0.3, 0.4) is 0 Å². The molecule has 200 valence electrons. The van der Waals surface area contributed by atoms with Crippen LogP contribution >= 0.6 is 0 Å². The average Bonchev–Trinajstić information content (AvgIpc) is 2.94. The number of rotatable bonds is 8. The van der Waals surface area contributed by atoms with Crippen LogP contribution in [0.4, 0.5) is 4.39 Å². The molecule has 5 rings (SSSR count). The summed E-state index contributed by atoms with van der Waals surface area (Å²) in [6.07, 6.45) is 1.52. The molecule has 0 saturated heterocycles. The van der Waals surface area contributed by atoms with E-state index in [-0.39, 0.29) is 36.8 Å². The minimum atomic E-state index is -0.429. The molecule has 4 nitrogen and oxygen atoms in total. The van der Waals surface area contributed by atoms with Gasteiger partial charge in [-0.15, -0.1) is 0 Å². The molecule has 0 aromatic heterocycles. The van der Waals surface area contributed by atoms with E-state index >= 15 is 0 Å². The molecule has 0 fully saturated rings. The molecule has 4 aromatic rings. The van der Waals surface area contributed by atoms with Gasteiger partial charge in [0.25, 0.3) is 0 Å². The van der Waals surface area contributed by atoms with Gasteiger partial charge in [0.1, 0.15) is 11.6 Å². The highest BCUT2D eigenvalue weighted by Gasteiger charge is 2.33. The second-order valence-corrected chi connectivity index (χ2v) is 10.5. The number of nitrogens with zero attached hydrogens (tertiary/aromatic N) is 2. The molecule has 1 aliphatic rings. The first-order chi connectivity index (χ1) is 18.9. The molecule has 1 aliphatic heterocycles. The molecule has 39 heavy (non-hydrogen) atoms. The molecule has 0 spiro atoms. The van der Waals surface area contributed by atoms with Gasteiger partial charge in [0.2, 0.25) is 5.91 Å². The number of carbonyl (C=O) groups is 1. The Balaban J connectivity index is 1.46. The van der Waals surface area contributed by atoms with Gasteiger partial charge in [-0.1, -0.05) is 78.9 Å². The molecule has 1 N–H and O–H groups in total. The number of aryl methyl sites for hydroxylation is 1. The van der Waals surface area contributed by atoms with E-state index in [9.17, 15) is 14.3 Å². The summed E-state index contributed by atoms with van der Waals surface area (Å²) in [5, 5.41) is 10.0. The Labute approximate surface area is 230 Å². The predicted octanol–water partition coefficient (Wildman–Crippen LogP) is 6.45. The second-order valence-electron chi connectivity index (χ2n) is 10.5. The number of hydrogen-bond donors (Lipinski definition) is 1. The van der Waals surface area contributed by atoms with Gasteiger partial charge >= 0.3 is 0 Å². The molecule has 1 amide bonds. The Kier molecular flexibility index (Phi) is 8.08. The molecule has 0 aliphatic carbocycles. The molecule has 0 radical (unpaired) electrons. The van der Waals surface area contributed by atoms with E-state index in [0.717, 1.165) is 18.5 Å². The predicted molar refractivity (Wildman–Crippen MR) is 153 cm³/mol. The second kappa shape index (κ2) is 11.8. The lowest BCUT2D eigenvalue weighted by Crippen LogP contribution is -2.47. The van der Waals surface area contributed by atoms with Crippen molar-refractivity contribution in [2.75, 3.05) is 13.1 Å². The van der Waals surface area contributed by atoms with Crippen molar-refractivity contribution in [2.24, 2.45) is 0 Å². The normalized spacial score (nSPS) is 15.9. The molecular formula is C34H35FN2O2. The van der Waals surface area contributed by atoms with E-state index in [1.165, 1.54) is 40.5 Å². The van der Waals surface area contributed by atoms with Crippen molar-refractivity contribution in [3.8, 4) is 5.75 Å². The van der Waals surface area contributed by atoms with Gasteiger partial charge in [0, 0.05) is 24.7 Å². The fourth-order valence-corrected chi connectivity index (χ4v) is 5.73. The zero-order valence-corrected chi connectivity index (χ0v) is 22.6. The largest absolute Gasteiger partial charge is 0.508 e. The maximum absolute atomic E-state index is 14.8. The fourth-order valence-electron chi connectivity index (χ4n) is 5.73. The lowest BCUT2D eigenvalue weighted by Gasteiger charge is -2.40. The fraction of sp³-hybridized carbons (Fsp3) is 0.265. The van der Waals surface area contributed by atoms with Gasteiger partial charge in [0.05, 0.1) is 12.6 Å². The summed E-state index contributed by atoms with van der Waals surface area (Å²) in [7, 11) is 0. The lowest BCUT2D eigenvalue weighted by molar-refractivity contribution is -0.135. The summed E-state index contributed by atoms with van der Waals surface area (Å²) in [5.74, 6) is -0.497. The van der Waals surface area contributed by atoms with Crippen LogP contribution in [0, 0.1) is 12.7 Å². The number of benzene rings is 4. The zero-order valence-electron chi connectivity index (χ0n) is 22.6. The summed E-state index contributed by atoms with van der Waals surface area (Å²) < 4.78 is 14.8. The van der Waals surface area contributed by atoms with Crippen LogP contribution < -0.4 is 0 Å². The first-order valence-corrected chi connectivity index (χ1v) is 13.6. The molecule has 5 heteroatoms. The Morgan fingerprint density at radius 2 is 1.67 bits per heavy atom. The Bertz CT molecular complexity index is 1440. The third kappa shape index (κ3) is 6.04. The van der Waals surface area contributed by atoms with Crippen molar-refractivity contribution in [2.45, 2.75) is 45.3 Å². The Morgan fingerprint density at radius 1 is 0.974 bits per heavy atom. The van der Waals surface area contributed by atoms with Gasteiger partial charge in [-0.05, 0) is 72.7 Å². The molecule has 4 aromatic carbocycles. The highest BCUT2D eigenvalue weighted by molar-refractivity contribution is 5.79. The molecule has 1 heterocycles. The Morgan fingerprint density at radius 3 is 2.44 bits per heavy atom. The quantitative estimate of drug-likeness (QED) is 0.289. The first kappa shape index (κ1) is 26.6. The van der Waals surface area contributed by atoms with Gasteiger partial charge in [-0.2, -0.15) is 0 Å². The standard InChI is InChI=1S/C34H35FN2O2/c1-24-10-6-8-14-30(24)34-31-15-9-7-13-27(31)18-19-36(34)23-33(39)37(22-28-21-29(38)16-17-32(28)35)25(2)20-26-11-4-3-5-12-26/h3-17,21,25,34,38H,18-20,22-23H2,1-2H3. The van der Waals surface area contributed by atoms with Crippen LogP contribution in [0.2, 0.25) is 0 Å². The highest BCUT2D eigenvalue weighted by Crippen LogP contribution is 2.36. The Hall–Kier alpha value is -3.96. The summed E-state index contributed by atoms with van der Waals surface area (Å²) in [6, 6.07) is 30.7. The van der Waals surface area contributed by atoms with Crippen molar-refractivity contribution < 1.29 is 14.3 Å². The average molecular weight is 523 g/mol. The van der Waals surface area contributed by atoms with Crippen molar-refractivity contribution in [3.05, 3.63) is 136 Å². The van der Waals surface area contributed by atoms with E-state index in [2.05, 4.69) is 54.3 Å². The number of carbonyl (C=O) groups excluding carboxylic acids is 1. The zero-order chi connectivity index (χ0) is 27.4. The SMILES string of the molecule is Cc1ccccc1C1c2ccccc2CCN1CC(=O)N(Cc1cc(O)ccc1F)C(C)Cc1ccccc1. The van der Waals surface area contributed by atoms with E-state index in [1.807, 2.05) is 43.3 Å². The van der Waals surface area contributed by atoms with E-state index in [4.69, 9.17) is 0 Å². The van der Waals surface area contributed by atoms with E-state index in [1.54, 1.807) is 4.90 Å². The monoisotopic (exact) mass is 522 g/mol. The summed E-state index contributed by atoms with van der Waals surface area (Å²) in [6.45, 7) is 5.18. The third-order valence-electron chi connectivity index (χ3n) is 7.80. The van der Waals surface area contributed by atoms with Crippen molar-refractivity contribution >= 4 is 5.91 Å². The van der Waals surface area contributed by atoms with Gasteiger partial charge in [-0.25, -0.2) is 4.39 Å². The minimum absolute atomic E-state index is 0.0123. The van der Waals surface area contributed by atoms with Crippen molar-refractivity contribution in [3.63, 3.8) is 0 Å². The number of phenols is 1. The molecule has 2 atom stereocenters. The third-order valence-corrected chi connectivity index (χ3v) is 7.80. The summed E-state index contributed by atoms with van der Waals surface area (Å²) >= 11 is 0. The van der Waals surface area contributed by atoms with E-state index < -0.39 is 5.82 Å². The van der Waals surface area contributed by atoms with Crippen LogP contribution in [-0.2, 0) is 24.2 Å². The van der Waals surface area contributed by atoms with Crippen LogP contribution in [-0.4, -0.2) is 39.9 Å². The minimum Gasteiger partial charge on any atom is -0.508 e. The number of fused-ring (bicyclic) bond motifs is 1. The van der Waals surface area contributed by atoms with E-state index in [0.29, 0.717) is 12.0 Å². The molecular weight excluding hydrogens is 487 g/mol. The first-order valence-electron chi connectivity index (χ1n) is 13.6. The smallest absolute Gasteiger partial charge is 0.237 e. The van der Waals surface area contributed by atoms with Gasteiger partial charge in [0.15, 0.2) is 0 Å². The number of aromatic hydroxyl groups is 1. The van der Waals surface area contributed by atoms with Gasteiger partial charge in [-0.3, -0.25) is 9.69 Å². The number of amides is 1. The topological polar surface area (TPSA) is 43.8 Å². The maximum atomic E-state index is 14.8. The molecule has 0 bridgehead atoms. The van der Waals surface area contributed by atoms with Crippen LogP contribution in [0.15, 0.2) is 97.1 Å². The highest BCUT2D eigenvalue weighted by atomic mass is 19.1. The lowest BCUT2D eigenvalue weighted by atomic mass is 9.86. The summed E-state index contributed by atoms with van der Waals surface area (Å²) in [5.41, 5.74) is 6.35. The maximum Gasteiger partial charge on any atom is 0.237 e. The van der Waals surface area contributed by atoms with Gasteiger partial charge < -0.3 is 10.0 Å². The van der Waals surface area contributed by atoms with Crippen LogP contribution in [0.5, 0.6) is 5.75 Å². The number of hydrogen-bond acceptors (Lipinski definition) is 3.